The summed E-state index contributed by atoms with van der Waals surface area (Å²) in [6.07, 6.45) is 4.39. The summed E-state index contributed by atoms with van der Waals surface area (Å²) in [5, 5.41) is 16.1. The molecule has 2 amide bonds. The van der Waals surface area contributed by atoms with Crippen LogP contribution in [0.4, 0.5) is 17.5 Å². The number of hydrogen-bond acceptors (Lipinski definition) is 9. The van der Waals surface area contributed by atoms with Crippen molar-refractivity contribution in [3.8, 4) is 17.0 Å². The monoisotopic (exact) mass is 599 g/mol. The van der Waals surface area contributed by atoms with Crippen LogP contribution in [0.3, 0.4) is 0 Å². The molecule has 1 aromatic carbocycles. The Morgan fingerprint density at radius 2 is 2.09 bits per heavy atom. The van der Waals surface area contributed by atoms with E-state index in [-0.39, 0.29) is 24.5 Å². The summed E-state index contributed by atoms with van der Waals surface area (Å²) in [5.41, 5.74) is 5.16. The lowest BCUT2D eigenvalue weighted by Crippen LogP contribution is -2.33. The predicted octanol–water partition coefficient (Wildman–Crippen LogP) is 4.23. The SMILES string of the molecule is CNC(=O)c1sccc1OC1CCN(CC(=O)Nc2cccc3c(-c4nc(Nc5cc(C)n(C)n5)ncc4C)c[nH]c23)C1. The summed E-state index contributed by atoms with van der Waals surface area (Å²) < 4.78 is 7.90. The highest BCUT2D eigenvalue weighted by molar-refractivity contribution is 7.12. The van der Waals surface area contributed by atoms with E-state index in [1.807, 2.05) is 62.8 Å². The first-order valence-corrected chi connectivity index (χ1v) is 14.9. The van der Waals surface area contributed by atoms with Crippen molar-refractivity contribution in [2.24, 2.45) is 7.05 Å². The fourth-order valence-corrected chi connectivity index (χ4v) is 6.01. The lowest BCUT2D eigenvalue weighted by atomic mass is 10.1. The fraction of sp³-hybridized carbons (Fsp3) is 0.300. The molecule has 0 spiro atoms. The van der Waals surface area contributed by atoms with Crippen molar-refractivity contribution in [3.63, 3.8) is 0 Å². The predicted molar refractivity (Wildman–Crippen MR) is 167 cm³/mol. The standard InChI is InChI=1S/C30H33N9O3S/c1-17-13-33-30(35-24-12-18(2)38(4)37-24)36-26(17)21-14-32-27-20(21)6-5-7-22(27)34-25(40)16-39-10-8-19(15-39)42-23-9-11-43-28(23)29(41)31-3/h5-7,9,11-14,19,32H,8,10,15-16H2,1-4H3,(H,31,41)(H,34,40)(H,33,35,36,37). The molecule has 43 heavy (non-hydrogen) atoms. The molecule has 5 aromatic rings. The maximum absolute atomic E-state index is 13.1. The van der Waals surface area contributed by atoms with E-state index in [1.54, 1.807) is 17.9 Å². The quantitative estimate of drug-likeness (QED) is 0.197. The van der Waals surface area contributed by atoms with Crippen molar-refractivity contribution in [2.45, 2.75) is 26.4 Å². The number of anilines is 3. The van der Waals surface area contributed by atoms with Crippen molar-refractivity contribution in [2.75, 3.05) is 37.3 Å². The lowest BCUT2D eigenvalue weighted by molar-refractivity contribution is -0.117. The number of thiophene rings is 1. The number of rotatable bonds is 9. The number of hydrogen-bond donors (Lipinski definition) is 4. The number of carbonyl (C=O) groups excluding carboxylic acids is 2. The molecule has 1 atom stereocenters. The molecule has 1 unspecified atom stereocenters. The molecule has 4 aromatic heterocycles. The van der Waals surface area contributed by atoms with Gasteiger partial charge in [-0.15, -0.1) is 11.3 Å². The van der Waals surface area contributed by atoms with Crippen molar-refractivity contribution >= 4 is 51.5 Å². The molecule has 13 heteroatoms. The molecular weight excluding hydrogens is 566 g/mol. The third-order valence-electron chi connectivity index (χ3n) is 7.52. The Kier molecular flexibility index (Phi) is 7.82. The summed E-state index contributed by atoms with van der Waals surface area (Å²) in [5.74, 6) is 1.45. The maximum atomic E-state index is 13.1. The zero-order valence-electron chi connectivity index (χ0n) is 24.4. The summed E-state index contributed by atoms with van der Waals surface area (Å²) in [7, 11) is 3.49. The molecule has 1 fully saturated rings. The largest absolute Gasteiger partial charge is 0.487 e. The number of ether oxygens (including phenoxy) is 1. The second-order valence-electron chi connectivity index (χ2n) is 10.6. The first-order chi connectivity index (χ1) is 20.8. The van der Waals surface area contributed by atoms with Crippen LogP contribution in [0, 0.1) is 13.8 Å². The number of aromatic amines is 1. The average molecular weight is 600 g/mol. The number of carbonyl (C=O) groups is 2. The van der Waals surface area contributed by atoms with Gasteiger partial charge >= 0.3 is 0 Å². The maximum Gasteiger partial charge on any atom is 0.264 e. The number of aryl methyl sites for hydroxylation is 3. The summed E-state index contributed by atoms with van der Waals surface area (Å²) >= 11 is 1.35. The zero-order valence-corrected chi connectivity index (χ0v) is 25.2. The van der Waals surface area contributed by atoms with E-state index in [0.29, 0.717) is 34.6 Å². The van der Waals surface area contributed by atoms with E-state index in [2.05, 4.69) is 35.9 Å². The second kappa shape index (κ2) is 11.9. The van der Waals surface area contributed by atoms with E-state index >= 15 is 0 Å². The Morgan fingerprint density at radius 1 is 1.23 bits per heavy atom. The number of aromatic nitrogens is 5. The first-order valence-electron chi connectivity index (χ1n) is 14.0. The fourth-order valence-electron chi connectivity index (χ4n) is 5.24. The number of fused-ring (bicyclic) bond motifs is 1. The molecule has 0 radical (unpaired) electrons. The van der Waals surface area contributed by atoms with Gasteiger partial charge < -0.3 is 25.7 Å². The molecule has 1 saturated heterocycles. The zero-order chi connectivity index (χ0) is 30.1. The van der Waals surface area contributed by atoms with Gasteiger partial charge in [0.25, 0.3) is 5.91 Å². The highest BCUT2D eigenvalue weighted by atomic mass is 32.1. The lowest BCUT2D eigenvalue weighted by Gasteiger charge is -2.17. The van der Waals surface area contributed by atoms with Crippen molar-refractivity contribution < 1.29 is 14.3 Å². The van der Waals surface area contributed by atoms with Crippen LogP contribution < -0.4 is 20.7 Å². The highest BCUT2D eigenvalue weighted by Crippen LogP contribution is 2.34. The smallest absolute Gasteiger partial charge is 0.264 e. The van der Waals surface area contributed by atoms with Gasteiger partial charge in [-0.1, -0.05) is 12.1 Å². The molecule has 222 valence electrons. The third-order valence-corrected chi connectivity index (χ3v) is 8.42. The van der Waals surface area contributed by atoms with Gasteiger partial charge in [0, 0.05) is 62.3 Å². The number of likely N-dealkylation sites (tertiary alicyclic amines) is 1. The second-order valence-corrected chi connectivity index (χ2v) is 11.5. The number of nitrogens with one attached hydrogen (secondary N) is 4. The molecule has 0 aliphatic carbocycles. The Hall–Kier alpha value is -4.75. The van der Waals surface area contributed by atoms with Crippen molar-refractivity contribution in [1.82, 2.24) is 34.9 Å². The number of nitrogens with zero attached hydrogens (tertiary/aromatic N) is 5. The molecule has 12 nitrogen and oxygen atoms in total. The van der Waals surface area contributed by atoms with Gasteiger partial charge in [-0.05, 0) is 43.3 Å². The summed E-state index contributed by atoms with van der Waals surface area (Å²) in [6, 6.07) is 9.57. The van der Waals surface area contributed by atoms with Crippen LogP contribution >= 0.6 is 11.3 Å². The molecule has 4 N–H and O–H groups in total. The van der Waals surface area contributed by atoms with Gasteiger partial charge in [0.05, 0.1) is 23.4 Å². The normalized spacial score (nSPS) is 15.1. The Bertz CT molecular complexity index is 1790. The molecule has 1 aliphatic rings. The van der Waals surface area contributed by atoms with E-state index in [0.717, 1.165) is 46.4 Å². The Morgan fingerprint density at radius 3 is 2.88 bits per heavy atom. The number of para-hydroxylation sites is 1. The van der Waals surface area contributed by atoms with E-state index in [4.69, 9.17) is 9.72 Å². The van der Waals surface area contributed by atoms with Crippen LogP contribution in [0.1, 0.15) is 27.3 Å². The number of amides is 2. The van der Waals surface area contributed by atoms with Crippen LogP contribution in [-0.4, -0.2) is 74.2 Å². The molecule has 5 heterocycles. The summed E-state index contributed by atoms with van der Waals surface area (Å²) in [6.45, 7) is 5.53. The molecule has 1 aliphatic heterocycles. The minimum Gasteiger partial charge on any atom is -0.487 e. The third kappa shape index (κ3) is 5.94. The minimum absolute atomic E-state index is 0.0858. The molecule has 0 saturated carbocycles. The van der Waals surface area contributed by atoms with Crippen LogP contribution in [0.25, 0.3) is 22.2 Å². The van der Waals surface area contributed by atoms with E-state index < -0.39 is 0 Å². The van der Waals surface area contributed by atoms with E-state index in [9.17, 15) is 9.59 Å². The molecule has 0 bridgehead atoms. The number of benzene rings is 1. The molecule has 6 rings (SSSR count). The van der Waals surface area contributed by atoms with Crippen LogP contribution in [0.2, 0.25) is 0 Å². The molecular formula is C30H33N9O3S. The average Bonchev–Trinajstić information content (AvgIpc) is 3.78. The van der Waals surface area contributed by atoms with Gasteiger partial charge in [-0.2, -0.15) is 5.10 Å². The van der Waals surface area contributed by atoms with Crippen molar-refractivity contribution in [3.05, 3.63) is 64.2 Å². The minimum atomic E-state index is -0.160. The van der Waals surface area contributed by atoms with Crippen molar-refractivity contribution in [1.29, 1.82) is 0 Å². The van der Waals surface area contributed by atoms with Gasteiger partial charge in [0.1, 0.15) is 16.7 Å². The Balaban J connectivity index is 1.13. The van der Waals surface area contributed by atoms with Gasteiger partial charge in [-0.3, -0.25) is 19.2 Å². The van der Waals surface area contributed by atoms with Gasteiger partial charge in [0.15, 0.2) is 5.82 Å². The van der Waals surface area contributed by atoms with Gasteiger partial charge in [-0.25, -0.2) is 9.97 Å². The van der Waals surface area contributed by atoms with E-state index in [1.165, 1.54) is 11.3 Å². The Labute approximate surface area is 252 Å². The number of H-pyrrole nitrogens is 1. The summed E-state index contributed by atoms with van der Waals surface area (Å²) in [4.78, 5) is 40.4. The topological polar surface area (TPSA) is 142 Å². The first kappa shape index (κ1) is 28.4. The van der Waals surface area contributed by atoms with Crippen LogP contribution in [0.15, 0.2) is 48.1 Å². The van der Waals surface area contributed by atoms with Gasteiger partial charge in [0.2, 0.25) is 11.9 Å². The van der Waals surface area contributed by atoms with Crippen LogP contribution in [0.5, 0.6) is 5.75 Å². The highest BCUT2D eigenvalue weighted by Gasteiger charge is 2.27. The van der Waals surface area contributed by atoms with Crippen LogP contribution in [-0.2, 0) is 11.8 Å².